The third-order valence-corrected chi connectivity index (χ3v) is 1.77. The van der Waals surface area contributed by atoms with Crippen LogP contribution in [0, 0.1) is 11.3 Å². The fourth-order valence-corrected chi connectivity index (χ4v) is 1.14. The lowest BCUT2D eigenvalue weighted by Gasteiger charge is -2.02. The summed E-state index contributed by atoms with van der Waals surface area (Å²) in [5.74, 6) is 0. The molecule has 0 unspecified atom stereocenters. The van der Waals surface area contributed by atoms with Gasteiger partial charge in [0.05, 0.1) is 17.3 Å². The molecule has 68 valence electrons. The van der Waals surface area contributed by atoms with Crippen LogP contribution in [-0.2, 0) is 0 Å². The standard InChI is InChI=1S/C12H10N2/c1-3-6-12(14-2)11-8-5-4-7-10(11)9-13/h3-8H,1-2H2. The van der Waals surface area contributed by atoms with E-state index < -0.39 is 0 Å². The molecule has 1 rings (SSSR count). The van der Waals surface area contributed by atoms with Crippen molar-refractivity contribution in [2.45, 2.75) is 0 Å². The predicted octanol–water partition coefficient (Wildman–Crippen LogP) is 2.79. The lowest BCUT2D eigenvalue weighted by atomic mass is 10.1. The SMILES string of the molecule is C=CC=C(N=C)c1ccccc1C#N. The smallest absolute Gasteiger partial charge is 0.0998 e. The first-order valence-corrected chi connectivity index (χ1v) is 4.12. The van der Waals surface area contributed by atoms with Crippen LogP contribution in [0.5, 0.6) is 0 Å². The van der Waals surface area contributed by atoms with E-state index in [4.69, 9.17) is 5.26 Å². The molecule has 2 nitrogen and oxygen atoms in total. The monoisotopic (exact) mass is 182 g/mol. The highest BCUT2D eigenvalue weighted by Crippen LogP contribution is 2.19. The van der Waals surface area contributed by atoms with E-state index in [1.807, 2.05) is 18.2 Å². The Hall–Kier alpha value is -2.14. The minimum atomic E-state index is 0.591. The topological polar surface area (TPSA) is 36.1 Å². The third kappa shape index (κ3) is 1.96. The molecule has 0 radical (unpaired) electrons. The van der Waals surface area contributed by atoms with Gasteiger partial charge >= 0.3 is 0 Å². The molecule has 1 aromatic rings. The molecule has 2 heteroatoms. The number of allylic oxidation sites excluding steroid dienone is 2. The minimum absolute atomic E-state index is 0.591. The molecule has 0 heterocycles. The van der Waals surface area contributed by atoms with Gasteiger partial charge in [0.25, 0.3) is 0 Å². The van der Waals surface area contributed by atoms with Crippen LogP contribution in [0.25, 0.3) is 5.70 Å². The van der Waals surface area contributed by atoms with E-state index in [-0.39, 0.29) is 0 Å². The zero-order chi connectivity index (χ0) is 10.4. The molecule has 0 saturated heterocycles. The molecular formula is C12H10N2. The van der Waals surface area contributed by atoms with Gasteiger partial charge in [0.15, 0.2) is 0 Å². The second-order valence-corrected chi connectivity index (χ2v) is 2.60. The van der Waals surface area contributed by atoms with Crippen molar-refractivity contribution in [1.82, 2.24) is 0 Å². The van der Waals surface area contributed by atoms with Crippen LogP contribution < -0.4 is 0 Å². The van der Waals surface area contributed by atoms with Crippen molar-refractivity contribution in [2.75, 3.05) is 0 Å². The number of nitrogens with zero attached hydrogens (tertiary/aromatic N) is 2. The van der Waals surface area contributed by atoms with Gasteiger partial charge in [0, 0.05) is 5.56 Å². The molecule has 14 heavy (non-hydrogen) atoms. The van der Waals surface area contributed by atoms with Crippen LogP contribution in [0.4, 0.5) is 0 Å². The summed E-state index contributed by atoms with van der Waals surface area (Å²) in [4.78, 5) is 3.85. The zero-order valence-corrected chi connectivity index (χ0v) is 7.77. The third-order valence-electron chi connectivity index (χ3n) is 1.77. The molecule has 0 amide bonds. The van der Waals surface area contributed by atoms with Gasteiger partial charge in [-0.1, -0.05) is 30.9 Å². The number of benzene rings is 1. The number of hydrogen-bond acceptors (Lipinski definition) is 2. The first-order chi connectivity index (χ1) is 6.83. The summed E-state index contributed by atoms with van der Waals surface area (Å²) in [7, 11) is 0. The Labute approximate surface area is 83.5 Å². The summed E-state index contributed by atoms with van der Waals surface area (Å²) >= 11 is 0. The van der Waals surface area contributed by atoms with Crippen LogP contribution >= 0.6 is 0 Å². The van der Waals surface area contributed by atoms with E-state index in [0.29, 0.717) is 11.3 Å². The van der Waals surface area contributed by atoms with Crippen LogP contribution in [0.2, 0.25) is 0 Å². The molecule has 0 N–H and O–H groups in total. The average Bonchev–Trinajstić information content (AvgIpc) is 2.26. The van der Waals surface area contributed by atoms with Gasteiger partial charge in [-0.3, -0.25) is 4.99 Å². The van der Waals surface area contributed by atoms with Crippen LogP contribution in [-0.4, -0.2) is 6.72 Å². The van der Waals surface area contributed by atoms with E-state index >= 15 is 0 Å². The summed E-state index contributed by atoms with van der Waals surface area (Å²) < 4.78 is 0. The number of hydrogen-bond donors (Lipinski definition) is 0. The maximum atomic E-state index is 8.87. The number of rotatable bonds is 3. The number of nitriles is 1. The molecule has 0 fully saturated rings. The van der Waals surface area contributed by atoms with Crippen molar-refractivity contribution in [3.05, 3.63) is 54.1 Å². The normalized spacial score (nSPS) is 10.4. The molecule has 0 saturated carbocycles. The van der Waals surface area contributed by atoms with E-state index in [2.05, 4.69) is 24.4 Å². The van der Waals surface area contributed by atoms with Crippen molar-refractivity contribution in [3.63, 3.8) is 0 Å². The van der Waals surface area contributed by atoms with Crippen molar-refractivity contribution in [3.8, 4) is 6.07 Å². The molecular weight excluding hydrogens is 172 g/mol. The van der Waals surface area contributed by atoms with Crippen molar-refractivity contribution < 1.29 is 0 Å². The Morgan fingerprint density at radius 1 is 1.43 bits per heavy atom. The van der Waals surface area contributed by atoms with Gasteiger partial charge in [-0.2, -0.15) is 5.26 Å². The second-order valence-electron chi connectivity index (χ2n) is 2.60. The Kier molecular flexibility index (Phi) is 3.40. The molecule has 0 bridgehead atoms. The fraction of sp³-hybridized carbons (Fsp3) is 0. The van der Waals surface area contributed by atoms with Gasteiger partial charge in [-0.05, 0) is 18.9 Å². The van der Waals surface area contributed by atoms with Gasteiger partial charge < -0.3 is 0 Å². The number of aliphatic imine (C=N–C) groups is 1. The highest BCUT2D eigenvalue weighted by atomic mass is 14.7. The summed E-state index contributed by atoms with van der Waals surface area (Å²) in [5.41, 5.74) is 2.04. The molecule has 0 aliphatic carbocycles. The summed E-state index contributed by atoms with van der Waals surface area (Å²) in [5, 5.41) is 8.87. The van der Waals surface area contributed by atoms with Crippen LogP contribution in [0.1, 0.15) is 11.1 Å². The molecule has 0 aliphatic heterocycles. The second kappa shape index (κ2) is 4.78. The van der Waals surface area contributed by atoms with Crippen molar-refractivity contribution >= 4 is 12.4 Å². The zero-order valence-electron chi connectivity index (χ0n) is 7.77. The lowest BCUT2D eigenvalue weighted by molar-refractivity contribution is 1.44. The summed E-state index contributed by atoms with van der Waals surface area (Å²) in [6, 6.07) is 9.36. The van der Waals surface area contributed by atoms with Gasteiger partial charge in [-0.15, -0.1) is 0 Å². The van der Waals surface area contributed by atoms with Gasteiger partial charge in [0.1, 0.15) is 0 Å². The predicted molar refractivity (Wildman–Crippen MR) is 58.9 cm³/mol. The first-order valence-electron chi connectivity index (χ1n) is 4.12. The highest BCUT2D eigenvalue weighted by Gasteiger charge is 2.03. The van der Waals surface area contributed by atoms with Crippen molar-refractivity contribution in [2.24, 2.45) is 4.99 Å². The fourth-order valence-electron chi connectivity index (χ4n) is 1.14. The maximum Gasteiger partial charge on any atom is 0.0998 e. The Morgan fingerprint density at radius 2 is 2.14 bits per heavy atom. The molecule has 0 aliphatic rings. The van der Waals surface area contributed by atoms with Gasteiger partial charge in [0.2, 0.25) is 0 Å². The van der Waals surface area contributed by atoms with E-state index in [0.717, 1.165) is 5.56 Å². The van der Waals surface area contributed by atoms with E-state index in [9.17, 15) is 0 Å². The van der Waals surface area contributed by atoms with E-state index in [1.165, 1.54) is 0 Å². The lowest BCUT2D eigenvalue weighted by Crippen LogP contribution is -1.86. The molecule has 0 spiro atoms. The largest absolute Gasteiger partial charge is 0.264 e. The minimum Gasteiger partial charge on any atom is -0.264 e. The highest BCUT2D eigenvalue weighted by molar-refractivity contribution is 5.73. The van der Waals surface area contributed by atoms with Gasteiger partial charge in [-0.25, -0.2) is 0 Å². The molecule has 1 aromatic carbocycles. The summed E-state index contributed by atoms with van der Waals surface area (Å²) in [6.07, 6.45) is 3.35. The Balaban J connectivity index is 3.31. The van der Waals surface area contributed by atoms with Crippen LogP contribution in [0.15, 0.2) is 48.0 Å². The first kappa shape index (κ1) is 9.94. The Morgan fingerprint density at radius 3 is 2.71 bits per heavy atom. The van der Waals surface area contributed by atoms with Crippen molar-refractivity contribution in [1.29, 1.82) is 5.26 Å². The van der Waals surface area contributed by atoms with Crippen LogP contribution in [0.3, 0.4) is 0 Å². The summed E-state index contributed by atoms with van der Waals surface area (Å²) in [6.45, 7) is 7.04. The molecule has 0 atom stereocenters. The Bertz CT molecular complexity index is 422. The maximum absolute atomic E-state index is 8.87. The average molecular weight is 182 g/mol. The van der Waals surface area contributed by atoms with E-state index in [1.54, 1.807) is 18.2 Å². The quantitative estimate of drug-likeness (QED) is 0.523. The molecule has 0 aromatic heterocycles.